The molecule has 1 aromatic heterocycles. The number of carbonyl (C=O) groups is 2. The second-order valence-corrected chi connectivity index (χ2v) is 7.65. The van der Waals surface area contributed by atoms with Crippen LogP contribution in [0.15, 0.2) is 54.7 Å². The standard InChI is InChI=1S/C24H27N5O3/c1-15-14-26-23(28-20-10-7-17(8-11-20)16(2)27-24(31)32)29-21(15)12-9-18-5-3-4-6-19(18)13-22(25)30/h3-8,10-11,14,16,27H,9,12-13H2,1-2H3,(H2,25,30)(H,31,32)(H,26,28,29). The first kappa shape index (κ1) is 22.7. The summed E-state index contributed by atoms with van der Waals surface area (Å²) in [6.45, 7) is 3.76. The number of nitrogens with one attached hydrogen (secondary N) is 2. The van der Waals surface area contributed by atoms with Crippen molar-refractivity contribution < 1.29 is 14.7 Å². The molecule has 2 aromatic carbocycles. The zero-order valence-corrected chi connectivity index (χ0v) is 18.1. The van der Waals surface area contributed by atoms with Crippen molar-refractivity contribution in [3.8, 4) is 0 Å². The Morgan fingerprint density at radius 3 is 2.41 bits per heavy atom. The van der Waals surface area contributed by atoms with E-state index in [1.807, 2.05) is 55.5 Å². The zero-order chi connectivity index (χ0) is 23.1. The third kappa shape index (κ3) is 6.28. The minimum absolute atomic E-state index is 0.225. The molecule has 0 saturated heterocycles. The normalized spacial score (nSPS) is 11.6. The molecule has 166 valence electrons. The maximum Gasteiger partial charge on any atom is 0.405 e. The van der Waals surface area contributed by atoms with Gasteiger partial charge in [-0.2, -0.15) is 0 Å². The fourth-order valence-corrected chi connectivity index (χ4v) is 3.46. The molecule has 0 aliphatic rings. The highest BCUT2D eigenvalue weighted by Gasteiger charge is 2.10. The summed E-state index contributed by atoms with van der Waals surface area (Å²) in [6.07, 6.45) is 2.40. The number of carboxylic acid groups (broad SMARTS) is 1. The van der Waals surface area contributed by atoms with Gasteiger partial charge in [0.2, 0.25) is 11.9 Å². The van der Waals surface area contributed by atoms with Gasteiger partial charge in [0, 0.05) is 17.6 Å². The third-order valence-corrected chi connectivity index (χ3v) is 5.20. The third-order valence-electron chi connectivity index (χ3n) is 5.20. The Morgan fingerprint density at radius 2 is 1.75 bits per heavy atom. The van der Waals surface area contributed by atoms with Crippen molar-refractivity contribution in [3.63, 3.8) is 0 Å². The number of nitrogens with zero attached hydrogens (tertiary/aromatic N) is 2. The molecule has 8 heteroatoms. The minimum atomic E-state index is -1.06. The lowest BCUT2D eigenvalue weighted by Crippen LogP contribution is -2.24. The molecule has 1 heterocycles. The smallest absolute Gasteiger partial charge is 0.405 e. The molecule has 0 aliphatic heterocycles. The van der Waals surface area contributed by atoms with Gasteiger partial charge >= 0.3 is 6.09 Å². The van der Waals surface area contributed by atoms with Gasteiger partial charge in [0.05, 0.1) is 12.5 Å². The lowest BCUT2D eigenvalue weighted by Gasteiger charge is -2.13. The monoisotopic (exact) mass is 433 g/mol. The fourth-order valence-electron chi connectivity index (χ4n) is 3.46. The van der Waals surface area contributed by atoms with Gasteiger partial charge in [0.25, 0.3) is 0 Å². The van der Waals surface area contributed by atoms with Gasteiger partial charge in [-0.15, -0.1) is 0 Å². The van der Waals surface area contributed by atoms with Crippen LogP contribution in [-0.2, 0) is 24.1 Å². The molecule has 0 spiro atoms. The predicted octanol–water partition coefficient (Wildman–Crippen LogP) is 3.67. The summed E-state index contributed by atoms with van der Waals surface area (Å²) in [4.78, 5) is 31.2. The highest BCUT2D eigenvalue weighted by Crippen LogP contribution is 2.20. The van der Waals surface area contributed by atoms with Crippen LogP contribution in [0.5, 0.6) is 0 Å². The quantitative estimate of drug-likeness (QED) is 0.407. The van der Waals surface area contributed by atoms with Crippen LogP contribution < -0.4 is 16.4 Å². The van der Waals surface area contributed by atoms with Crippen LogP contribution in [-0.4, -0.2) is 27.1 Å². The van der Waals surface area contributed by atoms with Gasteiger partial charge in [0.15, 0.2) is 0 Å². The summed E-state index contributed by atoms with van der Waals surface area (Å²) in [6, 6.07) is 14.9. The maximum absolute atomic E-state index is 11.3. The lowest BCUT2D eigenvalue weighted by atomic mass is 9.98. The largest absolute Gasteiger partial charge is 0.465 e. The number of anilines is 2. The first-order valence-corrected chi connectivity index (χ1v) is 10.4. The van der Waals surface area contributed by atoms with Gasteiger partial charge in [0.1, 0.15) is 0 Å². The molecular formula is C24H27N5O3. The van der Waals surface area contributed by atoms with Crippen LogP contribution in [0.1, 0.15) is 40.9 Å². The van der Waals surface area contributed by atoms with E-state index in [0.29, 0.717) is 12.4 Å². The number of aryl methyl sites for hydroxylation is 3. The predicted molar refractivity (Wildman–Crippen MR) is 123 cm³/mol. The summed E-state index contributed by atoms with van der Waals surface area (Å²) in [5, 5.41) is 14.5. The topological polar surface area (TPSA) is 130 Å². The minimum Gasteiger partial charge on any atom is -0.465 e. The van der Waals surface area contributed by atoms with E-state index in [2.05, 4.69) is 20.6 Å². The first-order chi connectivity index (χ1) is 15.3. The van der Waals surface area contributed by atoms with E-state index in [0.717, 1.165) is 40.1 Å². The second kappa shape index (κ2) is 10.4. The number of amides is 2. The number of carbonyl (C=O) groups excluding carboxylic acids is 1. The van der Waals surface area contributed by atoms with Crippen LogP contribution in [0.4, 0.5) is 16.4 Å². The van der Waals surface area contributed by atoms with Gasteiger partial charge in [-0.3, -0.25) is 4.79 Å². The number of aromatic nitrogens is 2. The molecule has 0 radical (unpaired) electrons. The Balaban J connectivity index is 1.69. The molecule has 8 nitrogen and oxygen atoms in total. The molecule has 3 aromatic rings. The molecule has 2 amide bonds. The highest BCUT2D eigenvalue weighted by molar-refractivity contribution is 5.77. The Labute approximate surface area is 186 Å². The Morgan fingerprint density at radius 1 is 1.06 bits per heavy atom. The Kier molecular flexibility index (Phi) is 7.38. The van der Waals surface area contributed by atoms with E-state index in [1.54, 1.807) is 13.1 Å². The number of rotatable bonds is 9. The molecule has 0 aliphatic carbocycles. The van der Waals surface area contributed by atoms with E-state index in [-0.39, 0.29) is 18.4 Å². The van der Waals surface area contributed by atoms with E-state index in [1.165, 1.54) is 0 Å². The molecular weight excluding hydrogens is 406 g/mol. The summed E-state index contributed by atoms with van der Waals surface area (Å²) < 4.78 is 0. The number of hydrogen-bond donors (Lipinski definition) is 4. The number of hydrogen-bond acceptors (Lipinski definition) is 5. The zero-order valence-electron chi connectivity index (χ0n) is 18.1. The number of primary amides is 1. The fraction of sp³-hybridized carbons (Fsp3) is 0.250. The van der Waals surface area contributed by atoms with Crippen molar-refractivity contribution in [2.75, 3.05) is 5.32 Å². The van der Waals surface area contributed by atoms with Gasteiger partial charge in [-0.05, 0) is 61.1 Å². The first-order valence-electron chi connectivity index (χ1n) is 10.4. The van der Waals surface area contributed by atoms with Crippen molar-refractivity contribution in [1.82, 2.24) is 15.3 Å². The lowest BCUT2D eigenvalue weighted by molar-refractivity contribution is -0.117. The molecule has 32 heavy (non-hydrogen) atoms. The van der Waals surface area contributed by atoms with Crippen LogP contribution in [0.2, 0.25) is 0 Å². The summed E-state index contributed by atoms with van der Waals surface area (Å²) in [5.41, 5.74) is 11.0. The van der Waals surface area contributed by atoms with E-state index in [9.17, 15) is 9.59 Å². The molecule has 5 N–H and O–H groups in total. The molecule has 1 atom stereocenters. The molecule has 0 bridgehead atoms. The van der Waals surface area contributed by atoms with Gasteiger partial charge in [-0.25, -0.2) is 14.8 Å². The summed E-state index contributed by atoms with van der Waals surface area (Å²) in [5.74, 6) is 0.141. The van der Waals surface area contributed by atoms with Crippen molar-refractivity contribution in [3.05, 3.63) is 82.7 Å². The van der Waals surface area contributed by atoms with E-state index < -0.39 is 6.09 Å². The molecule has 3 rings (SSSR count). The molecule has 1 unspecified atom stereocenters. The van der Waals surface area contributed by atoms with Crippen LogP contribution in [0.3, 0.4) is 0 Å². The highest BCUT2D eigenvalue weighted by atomic mass is 16.4. The van der Waals surface area contributed by atoms with Crippen molar-refractivity contribution >= 4 is 23.6 Å². The van der Waals surface area contributed by atoms with Crippen LogP contribution in [0.25, 0.3) is 0 Å². The number of benzene rings is 2. The Hall–Kier alpha value is -3.94. The SMILES string of the molecule is Cc1cnc(Nc2ccc(C(C)NC(=O)O)cc2)nc1CCc1ccccc1CC(N)=O. The second-order valence-electron chi connectivity index (χ2n) is 7.65. The van der Waals surface area contributed by atoms with E-state index >= 15 is 0 Å². The van der Waals surface area contributed by atoms with Crippen molar-refractivity contribution in [2.45, 2.75) is 39.2 Å². The summed E-state index contributed by atoms with van der Waals surface area (Å²) in [7, 11) is 0. The maximum atomic E-state index is 11.3. The van der Waals surface area contributed by atoms with E-state index in [4.69, 9.17) is 10.8 Å². The molecule has 0 fully saturated rings. The number of nitrogens with two attached hydrogens (primary N) is 1. The average Bonchev–Trinajstić information content (AvgIpc) is 2.74. The van der Waals surface area contributed by atoms with Crippen molar-refractivity contribution in [2.24, 2.45) is 5.73 Å². The Bertz CT molecular complexity index is 1100. The van der Waals surface area contributed by atoms with Gasteiger partial charge < -0.3 is 21.5 Å². The summed E-state index contributed by atoms with van der Waals surface area (Å²) >= 11 is 0. The van der Waals surface area contributed by atoms with Crippen LogP contribution >= 0.6 is 0 Å². The average molecular weight is 434 g/mol. The van der Waals surface area contributed by atoms with Gasteiger partial charge in [-0.1, -0.05) is 36.4 Å². The van der Waals surface area contributed by atoms with Crippen molar-refractivity contribution in [1.29, 1.82) is 0 Å². The molecule has 0 saturated carbocycles. The van der Waals surface area contributed by atoms with Crippen LogP contribution in [0, 0.1) is 6.92 Å².